The summed E-state index contributed by atoms with van der Waals surface area (Å²) in [7, 11) is 0. The summed E-state index contributed by atoms with van der Waals surface area (Å²) in [5.74, 6) is -0.379. The molecule has 0 spiro atoms. The fourth-order valence-corrected chi connectivity index (χ4v) is 2.45. The maximum Gasteiger partial charge on any atom is 0.142 e. The Morgan fingerprint density at radius 3 is 2.74 bits per heavy atom. The molecule has 0 amide bonds. The summed E-state index contributed by atoms with van der Waals surface area (Å²) < 4.78 is 14.4. The van der Waals surface area contributed by atoms with Gasteiger partial charge in [-0.1, -0.05) is 51.8 Å². The van der Waals surface area contributed by atoms with E-state index >= 15 is 0 Å². The summed E-state index contributed by atoms with van der Waals surface area (Å²) >= 11 is 9.37. The van der Waals surface area contributed by atoms with Crippen LogP contribution in [-0.4, -0.2) is 0 Å². The first-order valence-electron chi connectivity index (χ1n) is 5.99. The van der Waals surface area contributed by atoms with Crippen LogP contribution in [0.3, 0.4) is 0 Å². The Morgan fingerprint density at radius 2 is 2.00 bits per heavy atom. The molecule has 0 saturated carbocycles. The van der Waals surface area contributed by atoms with Crippen molar-refractivity contribution < 1.29 is 4.39 Å². The van der Waals surface area contributed by atoms with Crippen molar-refractivity contribution in [3.8, 4) is 0 Å². The minimum Gasteiger partial charge on any atom is -0.306 e. The summed E-state index contributed by atoms with van der Waals surface area (Å²) in [4.78, 5) is 0. The third-order valence-electron chi connectivity index (χ3n) is 2.98. The second kappa shape index (κ2) is 6.51. The summed E-state index contributed by atoms with van der Waals surface area (Å²) in [5.41, 5.74) is 1.94. The molecule has 0 aliphatic heterocycles. The zero-order valence-corrected chi connectivity index (χ0v) is 12.8. The molecule has 2 aromatic rings. The zero-order valence-electron chi connectivity index (χ0n) is 10.5. The highest BCUT2D eigenvalue weighted by molar-refractivity contribution is 9.10. The first-order chi connectivity index (χ1) is 9.08. The molecule has 4 heteroatoms. The van der Waals surface area contributed by atoms with Crippen LogP contribution in [-0.2, 0) is 6.54 Å². The molecular weight excluding hydrogens is 329 g/mol. The molecule has 100 valence electrons. The minimum atomic E-state index is -0.379. The van der Waals surface area contributed by atoms with Gasteiger partial charge in [-0.3, -0.25) is 0 Å². The van der Waals surface area contributed by atoms with E-state index < -0.39 is 0 Å². The van der Waals surface area contributed by atoms with Gasteiger partial charge in [-0.05, 0) is 36.2 Å². The number of hydrogen-bond acceptors (Lipinski definition) is 1. The Bertz CT molecular complexity index is 574. The topological polar surface area (TPSA) is 12.0 Å². The Balaban J connectivity index is 2.04. The highest BCUT2D eigenvalue weighted by Crippen LogP contribution is 2.22. The Labute approximate surface area is 125 Å². The maximum atomic E-state index is 13.3. The predicted octanol–water partition coefficient (Wildman–Crippen LogP) is 5.09. The van der Waals surface area contributed by atoms with Gasteiger partial charge >= 0.3 is 0 Å². The van der Waals surface area contributed by atoms with E-state index in [1.807, 2.05) is 18.2 Å². The second-order valence-electron chi connectivity index (χ2n) is 4.37. The van der Waals surface area contributed by atoms with Gasteiger partial charge in [-0.25, -0.2) is 4.39 Å². The van der Waals surface area contributed by atoms with Crippen LogP contribution in [0, 0.1) is 5.82 Å². The normalized spacial score (nSPS) is 12.4. The fourth-order valence-electron chi connectivity index (χ4n) is 1.84. The Morgan fingerprint density at radius 1 is 1.26 bits per heavy atom. The molecule has 0 saturated heterocycles. The average Bonchev–Trinajstić information content (AvgIpc) is 2.40. The van der Waals surface area contributed by atoms with Crippen molar-refractivity contribution in [2.24, 2.45) is 0 Å². The van der Waals surface area contributed by atoms with Gasteiger partial charge in [0.05, 0.1) is 5.02 Å². The van der Waals surface area contributed by atoms with Gasteiger partial charge in [0.15, 0.2) is 0 Å². The molecule has 0 aromatic heterocycles. The molecule has 0 fully saturated rings. The van der Waals surface area contributed by atoms with Crippen LogP contribution in [0.2, 0.25) is 5.02 Å². The molecule has 0 bridgehead atoms. The monoisotopic (exact) mass is 341 g/mol. The first kappa shape index (κ1) is 14.5. The van der Waals surface area contributed by atoms with E-state index in [9.17, 15) is 4.39 Å². The first-order valence-corrected chi connectivity index (χ1v) is 7.17. The third-order valence-corrected chi connectivity index (χ3v) is 3.90. The van der Waals surface area contributed by atoms with E-state index in [0.29, 0.717) is 6.54 Å². The van der Waals surface area contributed by atoms with Gasteiger partial charge < -0.3 is 5.32 Å². The summed E-state index contributed by atoms with van der Waals surface area (Å²) in [5, 5.41) is 3.53. The molecule has 0 aliphatic rings. The smallest absolute Gasteiger partial charge is 0.142 e. The number of rotatable bonds is 4. The van der Waals surface area contributed by atoms with Gasteiger partial charge in [0.2, 0.25) is 0 Å². The van der Waals surface area contributed by atoms with Crippen molar-refractivity contribution in [2.75, 3.05) is 0 Å². The number of nitrogens with one attached hydrogen (secondary N) is 1. The number of halogens is 3. The summed E-state index contributed by atoms with van der Waals surface area (Å²) in [6, 6.07) is 13.1. The quantitative estimate of drug-likeness (QED) is 0.816. The van der Waals surface area contributed by atoms with Gasteiger partial charge in [0, 0.05) is 17.1 Å². The molecule has 0 radical (unpaired) electrons. The van der Waals surface area contributed by atoms with Crippen molar-refractivity contribution >= 4 is 27.5 Å². The lowest BCUT2D eigenvalue weighted by molar-refractivity contribution is 0.569. The van der Waals surface area contributed by atoms with Gasteiger partial charge in [-0.15, -0.1) is 0 Å². The largest absolute Gasteiger partial charge is 0.306 e. The van der Waals surface area contributed by atoms with Crippen molar-refractivity contribution in [3.63, 3.8) is 0 Å². The highest BCUT2D eigenvalue weighted by Gasteiger charge is 2.08. The second-order valence-corrected chi connectivity index (χ2v) is 5.66. The van der Waals surface area contributed by atoms with Crippen LogP contribution < -0.4 is 5.32 Å². The van der Waals surface area contributed by atoms with Crippen LogP contribution in [0.15, 0.2) is 46.9 Å². The predicted molar refractivity (Wildman–Crippen MR) is 80.8 cm³/mol. The maximum absolute atomic E-state index is 13.3. The summed E-state index contributed by atoms with van der Waals surface area (Å²) in [6.45, 7) is 2.60. The van der Waals surface area contributed by atoms with E-state index in [1.54, 1.807) is 6.07 Å². The minimum absolute atomic E-state index is 0.164. The average molecular weight is 343 g/mol. The van der Waals surface area contributed by atoms with Gasteiger partial charge in [-0.2, -0.15) is 0 Å². The van der Waals surface area contributed by atoms with Crippen LogP contribution in [0.4, 0.5) is 4.39 Å². The van der Waals surface area contributed by atoms with Crippen LogP contribution >= 0.6 is 27.5 Å². The Kier molecular flexibility index (Phi) is 4.97. The SMILES string of the molecule is C[C@H](NCc1cccc(F)c1Cl)c1cccc(Br)c1. The molecule has 2 aromatic carbocycles. The molecule has 0 heterocycles. The lowest BCUT2D eigenvalue weighted by Gasteiger charge is -2.15. The van der Waals surface area contributed by atoms with Gasteiger partial charge in [0.25, 0.3) is 0 Å². The highest BCUT2D eigenvalue weighted by atomic mass is 79.9. The van der Waals surface area contributed by atoms with Crippen LogP contribution in [0.1, 0.15) is 24.1 Å². The van der Waals surface area contributed by atoms with E-state index in [1.165, 1.54) is 11.6 Å². The molecule has 1 N–H and O–H groups in total. The van der Waals surface area contributed by atoms with E-state index in [2.05, 4.69) is 40.3 Å². The molecular formula is C15H14BrClFN. The molecule has 1 atom stereocenters. The Hall–Kier alpha value is -0.900. The van der Waals surface area contributed by atoms with E-state index in [-0.39, 0.29) is 16.9 Å². The van der Waals surface area contributed by atoms with E-state index in [4.69, 9.17) is 11.6 Å². The number of hydrogen-bond donors (Lipinski definition) is 1. The fraction of sp³-hybridized carbons (Fsp3) is 0.200. The molecule has 2 rings (SSSR count). The van der Waals surface area contributed by atoms with Crippen molar-refractivity contribution in [1.82, 2.24) is 5.32 Å². The van der Waals surface area contributed by atoms with Crippen molar-refractivity contribution in [2.45, 2.75) is 19.5 Å². The lowest BCUT2D eigenvalue weighted by atomic mass is 10.1. The van der Waals surface area contributed by atoms with E-state index in [0.717, 1.165) is 10.0 Å². The molecule has 19 heavy (non-hydrogen) atoms. The summed E-state index contributed by atoms with van der Waals surface area (Å²) in [6.07, 6.45) is 0. The standard InChI is InChI=1S/C15H14BrClFN/c1-10(11-4-2-6-13(16)8-11)19-9-12-5-3-7-14(18)15(12)17/h2-8,10,19H,9H2,1H3/t10-/m0/s1. The molecule has 0 unspecified atom stereocenters. The number of benzene rings is 2. The van der Waals surface area contributed by atoms with Gasteiger partial charge in [0.1, 0.15) is 5.82 Å². The lowest BCUT2D eigenvalue weighted by Crippen LogP contribution is -2.18. The zero-order chi connectivity index (χ0) is 13.8. The van der Waals surface area contributed by atoms with Crippen LogP contribution in [0.5, 0.6) is 0 Å². The van der Waals surface area contributed by atoms with Crippen LogP contribution in [0.25, 0.3) is 0 Å². The molecule has 1 nitrogen and oxygen atoms in total. The van der Waals surface area contributed by atoms with Crippen molar-refractivity contribution in [1.29, 1.82) is 0 Å². The third kappa shape index (κ3) is 3.78. The van der Waals surface area contributed by atoms with Crippen molar-refractivity contribution in [3.05, 3.63) is 68.9 Å². The molecule has 0 aliphatic carbocycles.